The van der Waals surface area contributed by atoms with Crippen LogP contribution in [0.15, 0.2) is 63.1 Å². The SMILES string of the molecule is COC(=O)c1ccc(CN2C(=O)N/C(=C\c3cc(OC)c(OCc4ccc(Br)cc4)c(OC)c3)C2=O)o1. The van der Waals surface area contributed by atoms with Crippen molar-refractivity contribution < 1.29 is 37.7 Å². The van der Waals surface area contributed by atoms with Gasteiger partial charge in [0.15, 0.2) is 11.5 Å². The van der Waals surface area contributed by atoms with E-state index in [0.29, 0.717) is 22.8 Å². The van der Waals surface area contributed by atoms with Crippen molar-refractivity contribution in [2.45, 2.75) is 13.2 Å². The molecular formula is C26H23BrN2O8. The predicted molar refractivity (Wildman–Crippen MR) is 135 cm³/mol. The molecule has 1 fully saturated rings. The van der Waals surface area contributed by atoms with Gasteiger partial charge in [-0.1, -0.05) is 28.1 Å². The number of benzene rings is 2. The summed E-state index contributed by atoms with van der Waals surface area (Å²) in [5.41, 5.74) is 1.55. The van der Waals surface area contributed by atoms with Crippen molar-refractivity contribution in [2.75, 3.05) is 21.3 Å². The highest BCUT2D eigenvalue weighted by Crippen LogP contribution is 2.40. The van der Waals surface area contributed by atoms with Gasteiger partial charge in [0.05, 0.1) is 27.9 Å². The van der Waals surface area contributed by atoms with Gasteiger partial charge in [-0.2, -0.15) is 0 Å². The normalized spacial score (nSPS) is 14.1. The number of urea groups is 1. The molecule has 0 aliphatic carbocycles. The molecule has 0 spiro atoms. The second-order valence-electron chi connectivity index (χ2n) is 7.81. The van der Waals surface area contributed by atoms with E-state index in [0.717, 1.165) is 14.9 Å². The number of nitrogens with zero attached hydrogens (tertiary/aromatic N) is 1. The van der Waals surface area contributed by atoms with E-state index in [9.17, 15) is 14.4 Å². The Balaban J connectivity index is 1.53. The van der Waals surface area contributed by atoms with Crippen molar-refractivity contribution in [3.8, 4) is 17.2 Å². The zero-order chi connectivity index (χ0) is 26.5. The third-order valence-corrected chi connectivity index (χ3v) is 5.94. The minimum Gasteiger partial charge on any atom is -0.493 e. The lowest BCUT2D eigenvalue weighted by Crippen LogP contribution is -2.30. The Labute approximate surface area is 220 Å². The minimum atomic E-state index is -0.656. The number of carbonyl (C=O) groups excluding carboxylic acids is 3. The molecule has 1 N–H and O–H groups in total. The number of rotatable bonds is 9. The van der Waals surface area contributed by atoms with Crippen LogP contribution in [-0.2, 0) is 22.7 Å². The molecule has 0 bridgehead atoms. The van der Waals surface area contributed by atoms with Crippen LogP contribution in [0.25, 0.3) is 6.08 Å². The van der Waals surface area contributed by atoms with Crippen LogP contribution in [0, 0.1) is 0 Å². The molecule has 3 aromatic rings. The van der Waals surface area contributed by atoms with Crippen molar-refractivity contribution in [2.24, 2.45) is 0 Å². The first-order chi connectivity index (χ1) is 17.8. The van der Waals surface area contributed by atoms with Crippen LogP contribution in [-0.4, -0.2) is 44.1 Å². The van der Waals surface area contributed by atoms with E-state index >= 15 is 0 Å². The van der Waals surface area contributed by atoms with Crippen LogP contribution in [0.3, 0.4) is 0 Å². The number of furan rings is 1. The Hall–Kier alpha value is -4.25. The molecule has 10 nitrogen and oxygen atoms in total. The largest absolute Gasteiger partial charge is 0.493 e. The van der Waals surface area contributed by atoms with Gasteiger partial charge in [-0.05, 0) is 53.6 Å². The summed E-state index contributed by atoms with van der Waals surface area (Å²) >= 11 is 3.41. The van der Waals surface area contributed by atoms with Gasteiger partial charge >= 0.3 is 12.0 Å². The maximum Gasteiger partial charge on any atom is 0.373 e. The van der Waals surface area contributed by atoms with Gasteiger partial charge in [-0.3, -0.25) is 9.69 Å². The lowest BCUT2D eigenvalue weighted by atomic mass is 10.1. The Morgan fingerprint density at radius 3 is 2.32 bits per heavy atom. The van der Waals surface area contributed by atoms with E-state index in [2.05, 4.69) is 26.0 Å². The maximum absolute atomic E-state index is 12.9. The first-order valence-corrected chi connectivity index (χ1v) is 11.8. The number of halogens is 1. The van der Waals surface area contributed by atoms with Gasteiger partial charge in [-0.15, -0.1) is 0 Å². The molecular weight excluding hydrogens is 548 g/mol. The summed E-state index contributed by atoms with van der Waals surface area (Å²) < 4.78 is 27.9. The lowest BCUT2D eigenvalue weighted by Gasteiger charge is -2.15. The van der Waals surface area contributed by atoms with Crippen LogP contribution in [0.1, 0.15) is 27.4 Å². The third-order valence-electron chi connectivity index (χ3n) is 5.41. The monoisotopic (exact) mass is 570 g/mol. The molecule has 1 aliphatic rings. The number of hydrogen-bond donors (Lipinski definition) is 1. The van der Waals surface area contributed by atoms with E-state index in [4.69, 9.17) is 18.6 Å². The quantitative estimate of drug-likeness (QED) is 0.227. The van der Waals surface area contributed by atoms with Crippen molar-refractivity contribution >= 4 is 39.9 Å². The number of esters is 1. The highest BCUT2D eigenvalue weighted by Gasteiger charge is 2.34. The summed E-state index contributed by atoms with van der Waals surface area (Å²) in [6.45, 7) is 0.128. The topological polar surface area (TPSA) is 117 Å². The molecule has 11 heteroatoms. The van der Waals surface area contributed by atoms with Crippen LogP contribution in [0.2, 0.25) is 0 Å². The molecule has 0 saturated carbocycles. The Morgan fingerprint density at radius 2 is 1.70 bits per heavy atom. The van der Waals surface area contributed by atoms with E-state index in [1.54, 1.807) is 12.1 Å². The molecule has 1 aromatic heterocycles. The lowest BCUT2D eigenvalue weighted by molar-refractivity contribution is -0.123. The van der Waals surface area contributed by atoms with Crippen LogP contribution in [0.5, 0.6) is 17.2 Å². The maximum atomic E-state index is 12.9. The van der Waals surface area contributed by atoms with E-state index in [1.807, 2.05) is 24.3 Å². The molecule has 37 heavy (non-hydrogen) atoms. The van der Waals surface area contributed by atoms with Crippen molar-refractivity contribution in [3.63, 3.8) is 0 Å². The van der Waals surface area contributed by atoms with Gasteiger partial charge in [0, 0.05) is 4.47 Å². The number of hydrogen-bond acceptors (Lipinski definition) is 8. The first kappa shape index (κ1) is 25.8. The van der Waals surface area contributed by atoms with Gasteiger partial charge in [0.25, 0.3) is 5.91 Å². The number of nitrogens with one attached hydrogen (secondary N) is 1. The summed E-state index contributed by atoms with van der Waals surface area (Å²) in [5, 5.41) is 2.55. The first-order valence-electron chi connectivity index (χ1n) is 11.0. The Kier molecular flexibility index (Phi) is 7.83. The van der Waals surface area contributed by atoms with E-state index in [1.165, 1.54) is 39.5 Å². The molecule has 1 aliphatic heterocycles. The average molecular weight is 571 g/mol. The zero-order valence-electron chi connectivity index (χ0n) is 20.2. The smallest absolute Gasteiger partial charge is 0.373 e. The molecule has 1 saturated heterocycles. The Morgan fingerprint density at radius 1 is 1.03 bits per heavy atom. The van der Waals surface area contributed by atoms with Crippen LogP contribution < -0.4 is 19.5 Å². The van der Waals surface area contributed by atoms with Gasteiger partial charge in [0.2, 0.25) is 11.5 Å². The van der Waals surface area contributed by atoms with Crippen molar-refractivity contribution in [1.82, 2.24) is 10.2 Å². The predicted octanol–water partition coefficient (Wildman–Crippen LogP) is 4.52. The van der Waals surface area contributed by atoms with Crippen LogP contribution in [0.4, 0.5) is 4.79 Å². The number of ether oxygens (including phenoxy) is 4. The van der Waals surface area contributed by atoms with Crippen LogP contribution >= 0.6 is 15.9 Å². The molecule has 192 valence electrons. The van der Waals surface area contributed by atoms with Gasteiger partial charge in [-0.25, -0.2) is 9.59 Å². The fourth-order valence-electron chi connectivity index (χ4n) is 3.57. The highest BCUT2D eigenvalue weighted by molar-refractivity contribution is 9.10. The molecule has 0 radical (unpaired) electrons. The molecule has 4 rings (SSSR count). The van der Waals surface area contributed by atoms with E-state index in [-0.39, 0.29) is 30.4 Å². The van der Waals surface area contributed by atoms with Gasteiger partial charge < -0.3 is 28.7 Å². The van der Waals surface area contributed by atoms with Gasteiger partial charge in [0.1, 0.15) is 18.1 Å². The summed E-state index contributed by atoms with van der Waals surface area (Å²) in [6.07, 6.45) is 1.51. The van der Waals surface area contributed by atoms with Crippen molar-refractivity contribution in [3.05, 3.63) is 81.3 Å². The molecule has 3 amide bonds. The molecule has 2 heterocycles. The zero-order valence-corrected chi connectivity index (χ0v) is 21.8. The second-order valence-corrected chi connectivity index (χ2v) is 8.72. The third kappa shape index (κ3) is 5.78. The molecule has 2 aromatic carbocycles. The average Bonchev–Trinajstić information content (AvgIpc) is 3.48. The minimum absolute atomic E-state index is 0.0260. The summed E-state index contributed by atoms with van der Waals surface area (Å²) in [6, 6.07) is 13.3. The summed E-state index contributed by atoms with van der Waals surface area (Å²) in [5.74, 6) is 0.192. The Bertz CT molecular complexity index is 1340. The number of amides is 3. The fraction of sp³-hybridized carbons (Fsp3) is 0.192. The number of carbonyl (C=O) groups is 3. The fourth-order valence-corrected chi connectivity index (χ4v) is 3.84. The highest BCUT2D eigenvalue weighted by atomic mass is 79.9. The summed E-state index contributed by atoms with van der Waals surface area (Å²) in [7, 11) is 4.22. The molecule has 0 atom stereocenters. The summed E-state index contributed by atoms with van der Waals surface area (Å²) in [4.78, 5) is 38.0. The second kappa shape index (κ2) is 11.2. The van der Waals surface area contributed by atoms with E-state index < -0.39 is 17.9 Å². The number of methoxy groups -OCH3 is 3. The number of imide groups is 1. The standard InChI is InChI=1S/C26H23BrN2O8/c1-33-21-11-16(12-22(34-2)23(21)36-14-15-4-6-17(27)7-5-15)10-19-24(30)29(26(32)28-19)13-18-8-9-20(37-18)25(31)35-3/h4-12H,13-14H2,1-3H3,(H,28,32)/b19-10-. The molecule has 0 unspecified atom stereocenters. The van der Waals surface area contributed by atoms with Crippen molar-refractivity contribution in [1.29, 1.82) is 0 Å².